The molecule has 22 heavy (non-hydrogen) atoms. The number of aromatic nitrogens is 2. The maximum Gasteiger partial charge on any atom is 0.307 e. The normalized spacial score (nSPS) is 10.5. The summed E-state index contributed by atoms with van der Waals surface area (Å²) in [5.74, 6) is 0.115. The maximum atomic E-state index is 10.7. The van der Waals surface area contributed by atoms with Gasteiger partial charge in [-0.1, -0.05) is 54.6 Å². The van der Waals surface area contributed by atoms with Crippen LogP contribution in [-0.4, -0.2) is 20.6 Å². The summed E-state index contributed by atoms with van der Waals surface area (Å²) in [5.41, 5.74) is 3.00. The van der Waals surface area contributed by atoms with E-state index in [9.17, 15) is 4.79 Å². The maximum absolute atomic E-state index is 10.7. The number of hydrogen-bond donors (Lipinski definition) is 1. The number of carbonyl (C=O) groups is 1. The monoisotopic (exact) mass is 292 g/mol. The molecule has 0 aliphatic heterocycles. The van der Waals surface area contributed by atoms with Gasteiger partial charge in [-0.05, 0) is 11.1 Å². The van der Waals surface area contributed by atoms with E-state index in [1.54, 1.807) is 6.20 Å². The topological polar surface area (TPSA) is 55.1 Å². The van der Waals surface area contributed by atoms with Crippen molar-refractivity contribution < 1.29 is 9.90 Å². The highest BCUT2D eigenvalue weighted by molar-refractivity contribution is 5.70. The zero-order valence-electron chi connectivity index (χ0n) is 12.0. The van der Waals surface area contributed by atoms with Crippen LogP contribution in [0.4, 0.5) is 0 Å². The summed E-state index contributed by atoms with van der Waals surface area (Å²) in [7, 11) is 0. The zero-order valence-corrected chi connectivity index (χ0v) is 12.0. The van der Waals surface area contributed by atoms with Gasteiger partial charge in [-0.25, -0.2) is 4.98 Å². The highest BCUT2D eigenvalue weighted by atomic mass is 16.4. The summed E-state index contributed by atoms with van der Waals surface area (Å²) in [4.78, 5) is 15.1. The van der Waals surface area contributed by atoms with Crippen LogP contribution in [0.15, 0.2) is 67.0 Å². The highest BCUT2D eigenvalue weighted by Crippen LogP contribution is 2.18. The molecule has 2 aromatic carbocycles. The van der Waals surface area contributed by atoms with Gasteiger partial charge in [0.15, 0.2) is 0 Å². The smallest absolute Gasteiger partial charge is 0.307 e. The largest absolute Gasteiger partial charge is 0.481 e. The Morgan fingerprint density at radius 3 is 2.36 bits per heavy atom. The molecule has 0 radical (unpaired) electrons. The third kappa shape index (κ3) is 3.23. The average Bonchev–Trinajstić information content (AvgIpc) is 2.98. The van der Waals surface area contributed by atoms with Crippen molar-refractivity contribution in [3.63, 3.8) is 0 Å². The van der Waals surface area contributed by atoms with E-state index in [0.29, 0.717) is 6.54 Å². The molecule has 0 aliphatic carbocycles. The molecule has 4 heteroatoms. The van der Waals surface area contributed by atoms with E-state index >= 15 is 0 Å². The average molecular weight is 292 g/mol. The molecule has 3 rings (SSSR count). The molecule has 110 valence electrons. The SMILES string of the molecule is O=C(O)Cc1ccc(Cn2ccnc2-c2ccccc2)cc1. The van der Waals surface area contributed by atoms with Gasteiger partial charge in [-0.3, -0.25) is 4.79 Å². The Kier molecular flexibility index (Phi) is 4.01. The van der Waals surface area contributed by atoms with Crippen LogP contribution in [0.5, 0.6) is 0 Å². The molecule has 0 fully saturated rings. The highest BCUT2D eigenvalue weighted by Gasteiger charge is 2.06. The molecule has 1 aromatic heterocycles. The van der Waals surface area contributed by atoms with E-state index in [2.05, 4.69) is 9.55 Å². The Balaban J connectivity index is 1.80. The fraction of sp³-hybridized carbons (Fsp3) is 0.111. The van der Waals surface area contributed by atoms with E-state index in [1.807, 2.05) is 60.8 Å². The number of nitrogens with zero attached hydrogens (tertiary/aromatic N) is 2. The van der Waals surface area contributed by atoms with E-state index in [1.165, 1.54) is 0 Å². The Labute approximate surface area is 128 Å². The molecule has 1 N–H and O–H groups in total. The van der Waals surface area contributed by atoms with Crippen LogP contribution in [0.3, 0.4) is 0 Å². The number of benzene rings is 2. The molecule has 0 saturated carbocycles. The first-order valence-electron chi connectivity index (χ1n) is 7.08. The van der Waals surface area contributed by atoms with Crippen molar-refractivity contribution in [2.75, 3.05) is 0 Å². The summed E-state index contributed by atoms with van der Waals surface area (Å²) in [5, 5.41) is 8.79. The molecular weight excluding hydrogens is 276 g/mol. The van der Waals surface area contributed by atoms with Gasteiger partial charge in [0.2, 0.25) is 0 Å². The van der Waals surface area contributed by atoms with Gasteiger partial charge in [-0.2, -0.15) is 0 Å². The second-order valence-corrected chi connectivity index (χ2v) is 5.13. The Hall–Kier alpha value is -2.88. The minimum atomic E-state index is -0.811. The lowest BCUT2D eigenvalue weighted by Crippen LogP contribution is -2.03. The molecule has 4 nitrogen and oxygen atoms in total. The third-order valence-electron chi connectivity index (χ3n) is 3.48. The first-order chi connectivity index (χ1) is 10.7. The van der Waals surface area contributed by atoms with Crippen molar-refractivity contribution >= 4 is 5.97 Å². The quantitative estimate of drug-likeness (QED) is 0.785. The Morgan fingerprint density at radius 1 is 1.00 bits per heavy atom. The number of carboxylic acids is 1. The van der Waals surface area contributed by atoms with Gasteiger partial charge < -0.3 is 9.67 Å². The Bertz CT molecular complexity index is 761. The van der Waals surface area contributed by atoms with Crippen molar-refractivity contribution in [1.82, 2.24) is 9.55 Å². The summed E-state index contributed by atoms with van der Waals surface area (Å²) >= 11 is 0. The molecule has 0 saturated heterocycles. The molecule has 3 aromatic rings. The van der Waals surface area contributed by atoms with Crippen LogP contribution < -0.4 is 0 Å². The number of rotatable bonds is 5. The van der Waals surface area contributed by atoms with Gasteiger partial charge in [0.05, 0.1) is 6.42 Å². The molecule has 0 spiro atoms. The second-order valence-electron chi connectivity index (χ2n) is 5.13. The van der Waals surface area contributed by atoms with Crippen LogP contribution in [-0.2, 0) is 17.8 Å². The van der Waals surface area contributed by atoms with Gasteiger partial charge in [0, 0.05) is 24.5 Å². The fourth-order valence-corrected chi connectivity index (χ4v) is 2.42. The number of hydrogen-bond acceptors (Lipinski definition) is 2. The van der Waals surface area contributed by atoms with Crippen LogP contribution in [0.25, 0.3) is 11.4 Å². The lowest BCUT2D eigenvalue weighted by atomic mass is 10.1. The Morgan fingerprint density at radius 2 is 1.68 bits per heavy atom. The van der Waals surface area contributed by atoms with Crippen LogP contribution in [0.2, 0.25) is 0 Å². The predicted molar refractivity (Wildman–Crippen MR) is 84.5 cm³/mol. The first-order valence-corrected chi connectivity index (χ1v) is 7.08. The predicted octanol–water partition coefficient (Wildman–Crippen LogP) is 3.23. The molecule has 1 heterocycles. The summed E-state index contributed by atoms with van der Waals surface area (Å²) in [6, 6.07) is 17.7. The number of imidazole rings is 1. The van der Waals surface area contributed by atoms with Gasteiger partial charge in [0.25, 0.3) is 0 Å². The summed E-state index contributed by atoms with van der Waals surface area (Å²) in [6.45, 7) is 0.706. The van der Waals surface area contributed by atoms with Gasteiger partial charge in [0.1, 0.15) is 5.82 Å². The van der Waals surface area contributed by atoms with Crippen LogP contribution >= 0.6 is 0 Å². The molecular formula is C18H16N2O2. The van der Waals surface area contributed by atoms with Crippen molar-refractivity contribution in [2.24, 2.45) is 0 Å². The molecule has 0 aliphatic rings. The summed E-state index contributed by atoms with van der Waals surface area (Å²) in [6.07, 6.45) is 3.80. The fourth-order valence-electron chi connectivity index (χ4n) is 2.42. The van der Waals surface area contributed by atoms with E-state index in [-0.39, 0.29) is 6.42 Å². The van der Waals surface area contributed by atoms with Crippen molar-refractivity contribution in [2.45, 2.75) is 13.0 Å². The third-order valence-corrected chi connectivity index (χ3v) is 3.48. The number of aliphatic carboxylic acids is 1. The van der Waals surface area contributed by atoms with E-state index in [0.717, 1.165) is 22.5 Å². The second kappa shape index (κ2) is 6.26. The molecule has 0 atom stereocenters. The van der Waals surface area contributed by atoms with Crippen molar-refractivity contribution in [3.8, 4) is 11.4 Å². The van der Waals surface area contributed by atoms with E-state index in [4.69, 9.17) is 5.11 Å². The van der Waals surface area contributed by atoms with Crippen molar-refractivity contribution in [3.05, 3.63) is 78.1 Å². The standard InChI is InChI=1S/C18H16N2O2/c21-17(22)12-14-6-8-15(9-7-14)13-20-11-10-19-18(20)16-4-2-1-3-5-16/h1-11H,12-13H2,(H,21,22). The number of carboxylic acid groups (broad SMARTS) is 1. The molecule has 0 unspecified atom stereocenters. The minimum absolute atomic E-state index is 0.0562. The van der Waals surface area contributed by atoms with Gasteiger partial charge in [-0.15, -0.1) is 0 Å². The zero-order chi connectivity index (χ0) is 15.4. The lowest BCUT2D eigenvalue weighted by Gasteiger charge is -2.08. The first kappa shape index (κ1) is 14.1. The van der Waals surface area contributed by atoms with Crippen molar-refractivity contribution in [1.29, 1.82) is 0 Å². The molecule has 0 amide bonds. The van der Waals surface area contributed by atoms with Crippen LogP contribution in [0.1, 0.15) is 11.1 Å². The molecule has 0 bridgehead atoms. The minimum Gasteiger partial charge on any atom is -0.481 e. The van der Waals surface area contributed by atoms with Gasteiger partial charge >= 0.3 is 5.97 Å². The van der Waals surface area contributed by atoms with E-state index < -0.39 is 5.97 Å². The van der Waals surface area contributed by atoms with Crippen LogP contribution in [0, 0.1) is 0 Å². The lowest BCUT2D eigenvalue weighted by molar-refractivity contribution is -0.136. The summed E-state index contributed by atoms with van der Waals surface area (Å²) < 4.78 is 2.08.